The van der Waals surface area contributed by atoms with Crippen LogP contribution in [0.3, 0.4) is 0 Å². The fourth-order valence-corrected chi connectivity index (χ4v) is 5.06. The monoisotopic (exact) mass is 548 g/mol. The van der Waals surface area contributed by atoms with Crippen molar-refractivity contribution in [1.82, 2.24) is 20.6 Å². The Bertz CT molecular complexity index is 1460. The van der Waals surface area contributed by atoms with Gasteiger partial charge >= 0.3 is 6.18 Å². The van der Waals surface area contributed by atoms with Gasteiger partial charge in [-0.15, -0.1) is 0 Å². The van der Waals surface area contributed by atoms with Crippen molar-refractivity contribution in [3.63, 3.8) is 0 Å². The Hall–Kier alpha value is -4.11. The van der Waals surface area contributed by atoms with Gasteiger partial charge in [-0.25, -0.2) is 4.98 Å². The van der Waals surface area contributed by atoms with Gasteiger partial charge in [0.1, 0.15) is 6.61 Å². The standard InChI is InChI=1S/C31H31F3N4O2/c32-31(33,34)19-26(21-4-2-1-3-5-21)29(24-6-8-27-23(18-24)12-14-36-27)25-7-9-28(38-20-25)40-17-16-35-13-10-22-11-15-37-30(22)39/h1-9,12,14,18,20,22,35-36H,10-11,13,15-17,19H2,(H,37,39). The number of carbonyl (C=O) groups excluding carboxylic acids is 1. The van der Waals surface area contributed by atoms with Crippen LogP contribution in [0.5, 0.6) is 5.88 Å². The zero-order valence-electron chi connectivity index (χ0n) is 21.9. The van der Waals surface area contributed by atoms with Gasteiger partial charge in [0.2, 0.25) is 11.8 Å². The molecule has 3 N–H and O–H groups in total. The first-order chi connectivity index (χ1) is 19.4. The van der Waals surface area contributed by atoms with E-state index in [0.29, 0.717) is 41.3 Å². The van der Waals surface area contributed by atoms with Gasteiger partial charge in [0.05, 0.1) is 6.42 Å². The average Bonchev–Trinajstić information content (AvgIpc) is 3.59. The van der Waals surface area contributed by atoms with Gasteiger partial charge in [-0.2, -0.15) is 13.2 Å². The van der Waals surface area contributed by atoms with Crippen LogP contribution in [0.25, 0.3) is 22.0 Å². The molecule has 5 rings (SSSR count). The van der Waals surface area contributed by atoms with Crippen LogP contribution >= 0.6 is 0 Å². The second kappa shape index (κ2) is 12.4. The summed E-state index contributed by atoms with van der Waals surface area (Å²) in [5.74, 6) is 0.577. The molecule has 2 aromatic carbocycles. The Morgan fingerprint density at radius 1 is 1.00 bits per heavy atom. The molecular formula is C31H31F3N4O2. The number of rotatable bonds is 11. The number of hydrogen-bond donors (Lipinski definition) is 3. The Labute approximate surface area is 230 Å². The third kappa shape index (κ3) is 6.90. The Kier molecular flexibility index (Phi) is 8.50. The summed E-state index contributed by atoms with van der Waals surface area (Å²) < 4.78 is 47.4. The molecule has 208 valence electrons. The number of amides is 1. The summed E-state index contributed by atoms with van der Waals surface area (Å²) in [4.78, 5) is 19.2. The summed E-state index contributed by atoms with van der Waals surface area (Å²) in [7, 11) is 0. The molecule has 1 saturated heterocycles. The van der Waals surface area contributed by atoms with E-state index >= 15 is 0 Å². The van der Waals surface area contributed by atoms with Gasteiger partial charge in [-0.05, 0) is 71.3 Å². The third-order valence-electron chi connectivity index (χ3n) is 7.03. The molecule has 1 amide bonds. The predicted octanol–water partition coefficient (Wildman–Crippen LogP) is 5.97. The number of nitrogens with one attached hydrogen (secondary N) is 3. The zero-order chi connectivity index (χ0) is 28.0. The van der Waals surface area contributed by atoms with E-state index in [4.69, 9.17) is 4.74 Å². The predicted molar refractivity (Wildman–Crippen MR) is 150 cm³/mol. The van der Waals surface area contributed by atoms with Crippen molar-refractivity contribution in [2.75, 3.05) is 26.2 Å². The van der Waals surface area contributed by atoms with Gasteiger partial charge in [0.15, 0.2) is 0 Å². The van der Waals surface area contributed by atoms with Gasteiger partial charge in [-0.3, -0.25) is 4.79 Å². The molecule has 1 unspecified atom stereocenters. The molecule has 40 heavy (non-hydrogen) atoms. The van der Waals surface area contributed by atoms with Crippen LogP contribution in [0.2, 0.25) is 0 Å². The molecule has 1 aliphatic heterocycles. The van der Waals surface area contributed by atoms with Crippen molar-refractivity contribution >= 4 is 28.0 Å². The number of benzene rings is 2. The number of nitrogens with zero attached hydrogens (tertiary/aromatic N) is 1. The fourth-order valence-electron chi connectivity index (χ4n) is 5.06. The third-order valence-corrected chi connectivity index (χ3v) is 7.03. The Balaban J connectivity index is 1.37. The summed E-state index contributed by atoms with van der Waals surface area (Å²) >= 11 is 0. The Morgan fingerprint density at radius 2 is 1.82 bits per heavy atom. The topological polar surface area (TPSA) is 79.0 Å². The summed E-state index contributed by atoms with van der Waals surface area (Å²) in [5, 5.41) is 7.02. The van der Waals surface area contributed by atoms with Crippen molar-refractivity contribution in [2.24, 2.45) is 5.92 Å². The second-order valence-corrected chi connectivity index (χ2v) is 9.84. The van der Waals surface area contributed by atoms with E-state index in [1.807, 2.05) is 24.3 Å². The molecule has 0 spiro atoms. The molecule has 1 atom stereocenters. The maximum Gasteiger partial charge on any atom is 0.393 e. The summed E-state index contributed by atoms with van der Waals surface area (Å²) in [6.07, 6.45) is -0.456. The van der Waals surface area contributed by atoms with Gasteiger partial charge in [0, 0.05) is 48.5 Å². The number of alkyl halides is 3. The molecule has 4 aromatic rings. The van der Waals surface area contributed by atoms with Crippen LogP contribution in [-0.4, -0.2) is 48.3 Å². The van der Waals surface area contributed by atoms with E-state index in [2.05, 4.69) is 20.6 Å². The minimum Gasteiger partial charge on any atom is -0.476 e. The first kappa shape index (κ1) is 27.5. The smallest absolute Gasteiger partial charge is 0.393 e. The molecule has 1 fully saturated rings. The maximum atomic E-state index is 13.9. The van der Waals surface area contributed by atoms with Crippen molar-refractivity contribution < 1.29 is 22.7 Å². The number of pyridine rings is 1. The van der Waals surface area contributed by atoms with Crippen LogP contribution in [0.4, 0.5) is 13.2 Å². The molecular weight excluding hydrogens is 517 g/mol. The molecule has 0 aliphatic carbocycles. The van der Waals surface area contributed by atoms with E-state index in [9.17, 15) is 18.0 Å². The quantitative estimate of drug-likeness (QED) is 0.159. The lowest BCUT2D eigenvalue weighted by Crippen LogP contribution is -2.26. The average molecular weight is 549 g/mol. The maximum absolute atomic E-state index is 13.9. The number of carbonyl (C=O) groups is 1. The van der Waals surface area contributed by atoms with Gasteiger partial charge in [0.25, 0.3) is 0 Å². The highest BCUT2D eigenvalue weighted by Gasteiger charge is 2.31. The first-order valence-corrected chi connectivity index (χ1v) is 13.4. The number of fused-ring (bicyclic) bond motifs is 1. The number of ether oxygens (including phenoxy) is 1. The lowest BCUT2D eigenvalue weighted by Gasteiger charge is -2.19. The normalized spacial score (nSPS) is 16.2. The van der Waals surface area contributed by atoms with E-state index in [1.54, 1.807) is 54.9 Å². The summed E-state index contributed by atoms with van der Waals surface area (Å²) in [6.45, 7) is 2.42. The van der Waals surface area contributed by atoms with E-state index in [-0.39, 0.29) is 17.4 Å². The highest BCUT2D eigenvalue weighted by Crippen LogP contribution is 2.40. The number of H-pyrrole nitrogens is 1. The first-order valence-electron chi connectivity index (χ1n) is 13.4. The largest absolute Gasteiger partial charge is 0.476 e. The second-order valence-electron chi connectivity index (χ2n) is 9.84. The van der Waals surface area contributed by atoms with Gasteiger partial charge < -0.3 is 20.4 Å². The molecule has 0 radical (unpaired) electrons. The molecule has 9 heteroatoms. The molecule has 0 bridgehead atoms. The number of aromatic nitrogens is 2. The Morgan fingerprint density at radius 3 is 2.55 bits per heavy atom. The zero-order valence-corrected chi connectivity index (χ0v) is 21.9. The van der Waals surface area contributed by atoms with E-state index in [1.165, 1.54) is 0 Å². The lowest BCUT2D eigenvalue weighted by molar-refractivity contribution is -0.123. The van der Waals surface area contributed by atoms with Crippen LogP contribution in [0, 0.1) is 5.92 Å². The summed E-state index contributed by atoms with van der Waals surface area (Å²) in [6, 6.07) is 19.6. The van der Waals surface area contributed by atoms with Crippen molar-refractivity contribution in [3.05, 3.63) is 95.8 Å². The van der Waals surface area contributed by atoms with Crippen molar-refractivity contribution in [3.8, 4) is 5.88 Å². The molecule has 2 aromatic heterocycles. The minimum atomic E-state index is -4.40. The summed E-state index contributed by atoms with van der Waals surface area (Å²) in [5.41, 5.74) is 3.30. The van der Waals surface area contributed by atoms with Crippen molar-refractivity contribution in [1.29, 1.82) is 0 Å². The van der Waals surface area contributed by atoms with E-state index < -0.39 is 12.6 Å². The number of halogens is 3. The van der Waals surface area contributed by atoms with Crippen LogP contribution in [0.15, 0.2) is 79.1 Å². The highest BCUT2D eigenvalue weighted by molar-refractivity contribution is 6.00. The van der Waals surface area contributed by atoms with Crippen LogP contribution in [0.1, 0.15) is 36.0 Å². The molecule has 1 aliphatic rings. The van der Waals surface area contributed by atoms with Crippen LogP contribution in [-0.2, 0) is 4.79 Å². The molecule has 0 saturated carbocycles. The number of aromatic amines is 1. The van der Waals surface area contributed by atoms with Crippen molar-refractivity contribution in [2.45, 2.75) is 25.4 Å². The SMILES string of the molecule is O=C1NCCC1CCNCCOc1ccc(C(=C(CC(F)(F)F)c2ccccc2)c2ccc3[nH]ccc3c2)cn1. The van der Waals surface area contributed by atoms with E-state index in [0.717, 1.165) is 36.8 Å². The van der Waals surface area contributed by atoms with Gasteiger partial charge in [-0.1, -0.05) is 36.4 Å². The minimum absolute atomic E-state index is 0.0703. The van der Waals surface area contributed by atoms with Crippen LogP contribution < -0.4 is 15.4 Å². The highest BCUT2D eigenvalue weighted by atomic mass is 19.4. The fraction of sp³-hybridized carbons (Fsp3) is 0.290. The number of allylic oxidation sites excluding steroid dienone is 1. The lowest BCUT2D eigenvalue weighted by atomic mass is 9.88. The molecule has 3 heterocycles. The number of hydrogen-bond acceptors (Lipinski definition) is 4. The molecule has 6 nitrogen and oxygen atoms in total.